The van der Waals surface area contributed by atoms with E-state index in [2.05, 4.69) is 11.4 Å². The van der Waals surface area contributed by atoms with Crippen molar-refractivity contribution in [3.63, 3.8) is 0 Å². The van der Waals surface area contributed by atoms with Crippen LogP contribution in [-0.2, 0) is 4.79 Å². The van der Waals surface area contributed by atoms with Gasteiger partial charge in [0.1, 0.15) is 5.75 Å². The monoisotopic (exact) mass is 244 g/mol. The maximum atomic E-state index is 11.2. The van der Waals surface area contributed by atoms with Crippen LogP contribution in [0.15, 0.2) is 30.4 Å². The van der Waals surface area contributed by atoms with Crippen LogP contribution in [-0.4, -0.2) is 19.1 Å². The van der Waals surface area contributed by atoms with Gasteiger partial charge >= 0.3 is 0 Å². The molecule has 0 saturated carbocycles. The van der Waals surface area contributed by atoms with Crippen LogP contribution in [0.5, 0.6) is 5.75 Å². The number of nitrogens with one attached hydrogen (secondary N) is 1. The van der Waals surface area contributed by atoms with Gasteiger partial charge in [-0.3, -0.25) is 0 Å². The molecule has 0 saturated heterocycles. The van der Waals surface area contributed by atoms with Gasteiger partial charge in [0.05, 0.1) is 19.1 Å². The van der Waals surface area contributed by atoms with Gasteiger partial charge in [-0.2, -0.15) is 0 Å². The second-order valence-electron chi connectivity index (χ2n) is 4.75. The normalized spacial score (nSPS) is 28.2. The van der Waals surface area contributed by atoms with Gasteiger partial charge in [0.25, 0.3) is 0 Å². The number of rotatable bonds is 2. The van der Waals surface area contributed by atoms with Crippen molar-refractivity contribution in [1.29, 1.82) is 0 Å². The van der Waals surface area contributed by atoms with E-state index < -0.39 is 12.0 Å². The van der Waals surface area contributed by atoms with Crippen LogP contribution in [0.25, 0.3) is 0 Å². The van der Waals surface area contributed by atoms with Crippen molar-refractivity contribution in [3.8, 4) is 5.75 Å². The topological polar surface area (TPSA) is 61.4 Å². The number of carboxylic acids is 1. The van der Waals surface area contributed by atoms with E-state index in [1.165, 1.54) is 0 Å². The molecular formula is C14H14NO3-. The summed E-state index contributed by atoms with van der Waals surface area (Å²) >= 11 is 0. The first-order chi connectivity index (χ1) is 8.70. The smallest absolute Gasteiger partial charge is 0.119 e. The fourth-order valence-electron chi connectivity index (χ4n) is 2.93. The van der Waals surface area contributed by atoms with Crippen molar-refractivity contribution in [2.24, 2.45) is 5.92 Å². The van der Waals surface area contributed by atoms with Crippen molar-refractivity contribution in [1.82, 2.24) is 0 Å². The van der Waals surface area contributed by atoms with Gasteiger partial charge in [0, 0.05) is 11.6 Å². The number of fused-ring (bicyclic) bond motifs is 3. The summed E-state index contributed by atoms with van der Waals surface area (Å²) in [6, 6.07) is 5.05. The first kappa shape index (κ1) is 11.1. The molecule has 18 heavy (non-hydrogen) atoms. The highest BCUT2D eigenvalue weighted by Crippen LogP contribution is 2.45. The molecule has 4 heteroatoms. The lowest BCUT2D eigenvalue weighted by Crippen LogP contribution is -2.48. The Bertz CT molecular complexity index is 524. The summed E-state index contributed by atoms with van der Waals surface area (Å²) in [6.07, 6.45) is 4.90. The first-order valence-electron chi connectivity index (χ1n) is 6.02. The number of ether oxygens (including phenoxy) is 1. The van der Waals surface area contributed by atoms with Crippen molar-refractivity contribution in [2.45, 2.75) is 18.4 Å². The van der Waals surface area contributed by atoms with E-state index in [1.807, 2.05) is 24.3 Å². The minimum Gasteiger partial charge on any atom is -0.548 e. The molecule has 2 aliphatic rings. The molecule has 1 heterocycles. The molecule has 1 N–H and O–H groups in total. The van der Waals surface area contributed by atoms with Crippen molar-refractivity contribution in [3.05, 3.63) is 35.9 Å². The Labute approximate surface area is 105 Å². The highest BCUT2D eigenvalue weighted by Gasteiger charge is 2.37. The van der Waals surface area contributed by atoms with E-state index >= 15 is 0 Å². The maximum absolute atomic E-state index is 11.2. The van der Waals surface area contributed by atoms with Crippen molar-refractivity contribution < 1.29 is 14.6 Å². The molecule has 0 amide bonds. The standard InChI is InChI=1S/C14H15NO3/c1-18-8-5-6-12-11(7-8)9-3-2-4-10(9)13(15-12)14(16)17/h2-3,5-7,9-10,13,15H,4H2,1H3,(H,16,17)/p-1/t9-,10+,13-/m0/s1. The number of carbonyl (C=O) groups excluding carboxylic acids is 1. The third-order valence-corrected chi connectivity index (χ3v) is 3.82. The minimum absolute atomic E-state index is 0.0367. The van der Waals surface area contributed by atoms with E-state index in [0.29, 0.717) is 0 Å². The number of hydrogen-bond acceptors (Lipinski definition) is 4. The van der Waals surface area contributed by atoms with Crippen LogP contribution in [0.4, 0.5) is 5.69 Å². The summed E-state index contributed by atoms with van der Waals surface area (Å²) in [7, 11) is 1.63. The van der Waals surface area contributed by atoms with Crippen LogP contribution < -0.4 is 15.2 Å². The molecule has 0 bridgehead atoms. The van der Waals surface area contributed by atoms with Crippen molar-refractivity contribution >= 4 is 11.7 Å². The fraction of sp³-hybridized carbons (Fsp3) is 0.357. The summed E-state index contributed by atoms with van der Waals surface area (Å²) in [6.45, 7) is 0. The summed E-state index contributed by atoms with van der Waals surface area (Å²) in [5.74, 6) is -0.0643. The molecule has 0 fully saturated rings. The number of aliphatic carboxylic acids is 1. The van der Waals surface area contributed by atoms with Gasteiger partial charge in [-0.25, -0.2) is 0 Å². The Hall–Kier alpha value is -1.97. The van der Waals surface area contributed by atoms with Gasteiger partial charge in [-0.05, 0) is 36.1 Å². The Kier molecular flexibility index (Phi) is 2.51. The van der Waals surface area contributed by atoms with Crippen LogP contribution in [0.3, 0.4) is 0 Å². The molecule has 1 aromatic rings. The second-order valence-corrected chi connectivity index (χ2v) is 4.75. The van der Waals surface area contributed by atoms with Gasteiger partial charge in [-0.15, -0.1) is 0 Å². The summed E-state index contributed by atoms with van der Waals surface area (Å²) in [4.78, 5) is 11.2. The molecular weight excluding hydrogens is 230 g/mol. The third-order valence-electron chi connectivity index (χ3n) is 3.82. The Morgan fingerprint density at radius 3 is 3.06 bits per heavy atom. The minimum atomic E-state index is -1.03. The van der Waals surface area contributed by atoms with Crippen molar-refractivity contribution in [2.75, 3.05) is 12.4 Å². The van der Waals surface area contributed by atoms with Crippen LogP contribution in [0.2, 0.25) is 0 Å². The van der Waals surface area contributed by atoms with E-state index in [0.717, 1.165) is 23.4 Å². The predicted octanol–water partition coefficient (Wildman–Crippen LogP) is 0.899. The number of carbonyl (C=O) groups is 1. The number of allylic oxidation sites excluding steroid dienone is 2. The molecule has 4 nitrogen and oxygen atoms in total. The van der Waals surface area contributed by atoms with E-state index in [4.69, 9.17) is 4.74 Å². The molecule has 0 aromatic heterocycles. The first-order valence-corrected chi connectivity index (χ1v) is 6.02. The molecule has 0 unspecified atom stereocenters. The third kappa shape index (κ3) is 1.56. The molecule has 94 valence electrons. The lowest BCUT2D eigenvalue weighted by molar-refractivity contribution is -0.308. The second kappa shape index (κ2) is 4.05. The summed E-state index contributed by atoms with van der Waals surface area (Å²) in [5.41, 5.74) is 1.96. The van der Waals surface area contributed by atoms with Gasteiger partial charge in [0.2, 0.25) is 0 Å². The lowest BCUT2D eigenvalue weighted by Gasteiger charge is -2.37. The summed E-state index contributed by atoms with van der Waals surface area (Å²) in [5, 5.41) is 14.3. The number of anilines is 1. The zero-order valence-electron chi connectivity index (χ0n) is 10.1. The van der Waals surface area contributed by atoms with Crippen LogP contribution >= 0.6 is 0 Å². The molecule has 0 spiro atoms. The van der Waals surface area contributed by atoms with Crippen LogP contribution in [0.1, 0.15) is 17.9 Å². The number of benzene rings is 1. The van der Waals surface area contributed by atoms with Gasteiger partial charge < -0.3 is 20.0 Å². The van der Waals surface area contributed by atoms with E-state index in [-0.39, 0.29) is 11.8 Å². The average molecular weight is 244 g/mol. The van der Waals surface area contributed by atoms with Gasteiger partial charge in [0.15, 0.2) is 0 Å². The SMILES string of the molecule is COc1ccc2c(c1)[C@H]1C=CC[C@H]1[C@@H](C(=O)[O-])N2. The quantitative estimate of drug-likeness (QED) is 0.785. The molecule has 0 radical (unpaired) electrons. The number of carboxylic acid groups (broad SMARTS) is 1. The molecule has 1 aromatic carbocycles. The predicted molar refractivity (Wildman–Crippen MR) is 65.4 cm³/mol. The average Bonchev–Trinajstić information content (AvgIpc) is 2.86. The highest BCUT2D eigenvalue weighted by molar-refractivity contribution is 5.79. The molecule has 3 rings (SSSR count). The maximum Gasteiger partial charge on any atom is 0.119 e. The van der Waals surface area contributed by atoms with E-state index in [9.17, 15) is 9.90 Å². The Morgan fingerprint density at radius 2 is 2.33 bits per heavy atom. The zero-order valence-corrected chi connectivity index (χ0v) is 10.1. The van der Waals surface area contributed by atoms with E-state index in [1.54, 1.807) is 7.11 Å². The number of methoxy groups -OCH3 is 1. The van der Waals surface area contributed by atoms with Gasteiger partial charge in [-0.1, -0.05) is 12.2 Å². The zero-order chi connectivity index (χ0) is 12.7. The number of hydrogen-bond donors (Lipinski definition) is 1. The Balaban J connectivity index is 2.06. The van der Waals surface area contributed by atoms with Crippen LogP contribution in [0, 0.1) is 5.92 Å². The molecule has 1 aliphatic heterocycles. The highest BCUT2D eigenvalue weighted by atomic mass is 16.5. The molecule has 1 aliphatic carbocycles. The fourth-order valence-corrected chi connectivity index (χ4v) is 2.93. The molecule has 3 atom stereocenters. The largest absolute Gasteiger partial charge is 0.548 e. The summed E-state index contributed by atoms with van der Waals surface area (Å²) < 4.78 is 5.22. The Morgan fingerprint density at radius 1 is 1.50 bits per heavy atom. The lowest BCUT2D eigenvalue weighted by atomic mass is 9.79.